The van der Waals surface area contributed by atoms with Crippen LogP contribution in [-0.2, 0) is 13.0 Å². The highest BCUT2D eigenvalue weighted by atomic mass is 32.1. The van der Waals surface area contributed by atoms with Crippen molar-refractivity contribution in [2.75, 3.05) is 0 Å². The summed E-state index contributed by atoms with van der Waals surface area (Å²) >= 11 is 1.69. The fraction of sp³-hybridized carbons (Fsp3) is 0.308. The van der Waals surface area contributed by atoms with Crippen molar-refractivity contribution in [2.45, 2.75) is 26.8 Å². The molecule has 0 unspecified atom stereocenters. The third-order valence-corrected chi connectivity index (χ3v) is 3.92. The summed E-state index contributed by atoms with van der Waals surface area (Å²) in [7, 11) is 0. The van der Waals surface area contributed by atoms with Crippen LogP contribution in [0.3, 0.4) is 0 Å². The Bertz CT molecular complexity index is 471. The van der Waals surface area contributed by atoms with E-state index in [1.54, 1.807) is 11.3 Å². The van der Waals surface area contributed by atoms with Gasteiger partial charge in [-0.3, -0.25) is 0 Å². The maximum Gasteiger partial charge on any atom is 0.123 e. The molecule has 0 radical (unpaired) electrons. The van der Waals surface area contributed by atoms with Crippen LogP contribution in [-0.4, -0.2) is 4.98 Å². The van der Waals surface area contributed by atoms with Crippen molar-refractivity contribution in [3.8, 4) is 10.6 Å². The average Bonchev–Trinajstić information content (AvgIpc) is 2.71. The van der Waals surface area contributed by atoms with Gasteiger partial charge in [0.2, 0.25) is 0 Å². The number of aryl methyl sites for hydroxylation is 2. The zero-order valence-electron chi connectivity index (χ0n) is 9.66. The third-order valence-electron chi connectivity index (χ3n) is 2.69. The van der Waals surface area contributed by atoms with Crippen molar-refractivity contribution < 1.29 is 0 Å². The molecule has 3 heteroatoms. The van der Waals surface area contributed by atoms with E-state index < -0.39 is 0 Å². The van der Waals surface area contributed by atoms with Gasteiger partial charge in [-0.15, -0.1) is 11.3 Å². The Kier molecular flexibility index (Phi) is 3.36. The summed E-state index contributed by atoms with van der Waals surface area (Å²) in [5.41, 5.74) is 9.26. The number of rotatable bonds is 3. The van der Waals surface area contributed by atoms with Crippen LogP contribution in [0.1, 0.15) is 23.1 Å². The quantitative estimate of drug-likeness (QED) is 0.883. The first-order valence-corrected chi connectivity index (χ1v) is 6.32. The fourth-order valence-corrected chi connectivity index (χ4v) is 2.57. The van der Waals surface area contributed by atoms with Gasteiger partial charge in [0.05, 0.1) is 5.69 Å². The lowest BCUT2D eigenvalue weighted by molar-refractivity contribution is 1.06. The first-order valence-electron chi connectivity index (χ1n) is 5.50. The number of thiazole rings is 1. The maximum atomic E-state index is 5.66. The normalized spacial score (nSPS) is 10.7. The van der Waals surface area contributed by atoms with E-state index in [9.17, 15) is 0 Å². The van der Waals surface area contributed by atoms with Gasteiger partial charge in [0, 0.05) is 17.0 Å². The molecular weight excluding hydrogens is 216 g/mol. The van der Waals surface area contributed by atoms with Gasteiger partial charge >= 0.3 is 0 Å². The van der Waals surface area contributed by atoms with Gasteiger partial charge < -0.3 is 5.73 Å². The van der Waals surface area contributed by atoms with Gasteiger partial charge in [-0.2, -0.15) is 0 Å². The van der Waals surface area contributed by atoms with E-state index in [0.717, 1.165) is 17.1 Å². The molecule has 2 N–H and O–H groups in total. The molecule has 0 fully saturated rings. The molecule has 0 spiro atoms. The molecule has 84 valence electrons. The summed E-state index contributed by atoms with van der Waals surface area (Å²) in [6.45, 7) is 4.76. The maximum absolute atomic E-state index is 5.66. The molecule has 1 aromatic heterocycles. The summed E-state index contributed by atoms with van der Waals surface area (Å²) in [5, 5.41) is 1.07. The topological polar surface area (TPSA) is 38.9 Å². The van der Waals surface area contributed by atoms with Crippen LogP contribution in [0.15, 0.2) is 24.3 Å². The number of nitrogens with two attached hydrogens (primary N) is 1. The summed E-state index contributed by atoms with van der Waals surface area (Å²) in [4.78, 5) is 5.72. The Hall–Kier alpha value is -1.19. The second kappa shape index (κ2) is 4.76. The van der Waals surface area contributed by atoms with Crippen molar-refractivity contribution in [2.24, 2.45) is 5.73 Å². The number of nitrogens with zero attached hydrogens (tertiary/aromatic N) is 1. The molecule has 0 aliphatic heterocycles. The van der Waals surface area contributed by atoms with Crippen LogP contribution in [0.2, 0.25) is 0 Å². The second-order valence-electron chi connectivity index (χ2n) is 3.78. The highest BCUT2D eigenvalue weighted by molar-refractivity contribution is 7.15. The molecule has 16 heavy (non-hydrogen) atoms. The highest BCUT2D eigenvalue weighted by Gasteiger charge is 2.07. The molecule has 0 atom stereocenters. The summed E-state index contributed by atoms with van der Waals surface area (Å²) in [6.07, 6.45) is 1.07. The molecule has 0 bridgehead atoms. The number of aromatic nitrogens is 1. The van der Waals surface area contributed by atoms with E-state index in [1.807, 2.05) is 6.92 Å². The summed E-state index contributed by atoms with van der Waals surface area (Å²) in [6, 6.07) is 8.59. The van der Waals surface area contributed by atoms with E-state index in [4.69, 9.17) is 5.73 Å². The van der Waals surface area contributed by atoms with Gasteiger partial charge in [0.15, 0.2) is 0 Å². The SMILES string of the molecule is CCc1ccc(-c2nc(C)c(CN)s2)cc1. The standard InChI is InChI=1S/C13H16N2S/c1-3-10-4-6-11(7-5-10)13-15-9(2)12(8-14)16-13/h4-7H,3,8,14H2,1-2H3. The van der Waals surface area contributed by atoms with Gasteiger partial charge in [-0.05, 0) is 18.9 Å². The van der Waals surface area contributed by atoms with Crippen LogP contribution in [0.4, 0.5) is 0 Å². The van der Waals surface area contributed by atoms with Gasteiger partial charge in [0.25, 0.3) is 0 Å². The van der Waals surface area contributed by atoms with Crippen LogP contribution >= 0.6 is 11.3 Å². The minimum Gasteiger partial charge on any atom is -0.326 e. The fourth-order valence-electron chi connectivity index (χ4n) is 1.62. The van der Waals surface area contributed by atoms with E-state index in [1.165, 1.54) is 16.0 Å². The monoisotopic (exact) mass is 232 g/mol. The van der Waals surface area contributed by atoms with Crippen molar-refractivity contribution in [3.05, 3.63) is 40.4 Å². The molecular formula is C13H16N2S. The second-order valence-corrected chi connectivity index (χ2v) is 4.87. The Labute approximate surface area is 100 Å². The molecule has 1 aromatic carbocycles. The molecule has 0 aliphatic carbocycles. The predicted molar refractivity (Wildman–Crippen MR) is 69.6 cm³/mol. The van der Waals surface area contributed by atoms with Crippen molar-refractivity contribution in [1.29, 1.82) is 0 Å². The molecule has 2 nitrogen and oxygen atoms in total. The zero-order valence-corrected chi connectivity index (χ0v) is 10.5. The van der Waals surface area contributed by atoms with Gasteiger partial charge in [-0.25, -0.2) is 4.98 Å². The Balaban J connectivity index is 2.34. The highest BCUT2D eigenvalue weighted by Crippen LogP contribution is 2.27. The lowest BCUT2D eigenvalue weighted by Crippen LogP contribution is -1.94. The largest absolute Gasteiger partial charge is 0.326 e. The van der Waals surface area contributed by atoms with Crippen LogP contribution in [0, 0.1) is 6.92 Å². The Morgan fingerprint density at radius 2 is 1.94 bits per heavy atom. The Morgan fingerprint density at radius 3 is 2.44 bits per heavy atom. The van der Waals surface area contributed by atoms with E-state index in [2.05, 4.69) is 36.2 Å². The summed E-state index contributed by atoms with van der Waals surface area (Å²) in [5.74, 6) is 0. The van der Waals surface area contributed by atoms with E-state index in [-0.39, 0.29) is 0 Å². The first-order chi connectivity index (χ1) is 7.74. The molecule has 1 heterocycles. The molecule has 0 saturated carbocycles. The van der Waals surface area contributed by atoms with Crippen molar-refractivity contribution >= 4 is 11.3 Å². The lowest BCUT2D eigenvalue weighted by Gasteiger charge is -1.98. The molecule has 2 rings (SSSR count). The average molecular weight is 232 g/mol. The third kappa shape index (κ3) is 2.15. The van der Waals surface area contributed by atoms with Crippen molar-refractivity contribution in [1.82, 2.24) is 4.98 Å². The minimum atomic E-state index is 0.580. The first kappa shape index (κ1) is 11.3. The van der Waals surface area contributed by atoms with Gasteiger partial charge in [-0.1, -0.05) is 31.2 Å². The summed E-state index contributed by atoms with van der Waals surface area (Å²) < 4.78 is 0. The van der Waals surface area contributed by atoms with Crippen molar-refractivity contribution in [3.63, 3.8) is 0 Å². The minimum absolute atomic E-state index is 0.580. The number of hydrogen-bond donors (Lipinski definition) is 1. The predicted octanol–water partition coefficient (Wildman–Crippen LogP) is 3.14. The van der Waals surface area contributed by atoms with E-state index in [0.29, 0.717) is 6.54 Å². The zero-order chi connectivity index (χ0) is 11.5. The van der Waals surface area contributed by atoms with Gasteiger partial charge in [0.1, 0.15) is 5.01 Å². The molecule has 0 saturated heterocycles. The number of benzene rings is 1. The molecule has 2 aromatic rings. The van der Waals surface area contributed by atoms with Crippen LogP contribution in [0.25, 0.3) is 10.6 Å². The van der Waals surface area contributed by atoms with E-state index >= 15 is 0 Å². The molecule has 0 amide bonds. The van der Waals surface area contributed by atoms with Crippen LogP contribution in [0.5, 0.6) is 0 Å². The van der Waals surface area contributed by atoms with Crippen LogP contribution < -0.4 is 5.73 Å². The molecule has 0 aliphatic rings. The lowest BCUT2D eigenvalue weighted by atomic mass is 10.1. The number of hydrogen-bond acceptors (Lipinski definition) is 3. The smallest absolute Gasteiger partial charge is 0.123 e. The Morgan fingerprint density at radius 1 is 1.25 bits per heavy atom.